The largest absolute Gasteiger partial charge is 0.412 e. The van der Waals surface area contributed by atoms with Crippen molar-refractivity contribution in [2.45, 2.75) is 72.1 Å². The molecule has 0 saturated carbocycles. The lowest BCUT2D eigenvalue weighted by Crippen LogP contribution is -2.43. The molecule has 1 aromatic heterocycles. The molecule has 0 fully saturated rings. The molecular weight excluding hydrogens is 504 g/mol. The molecule has 218 valence electrons. The van der Waals surface area contributed by atoms with E-state index in [-0.39, 0.29) is 23.7 Å². The van der Waals surface area contributed by atoms with E-state index in [2.05, 4.69) is 48.1 Å². The molecule has 0 bridgehead atoms. The monoisotopic (exact) mass is 550 g/mol. The normalized spacial score (nSPS) is 14.5. The minimum absolute atomic E-state index is 0.0327. The van der Waals surface area contributed by atoms with Crippen molar-refractivity contribution < 1.29 is 19.4 Å². The van der Waals surface area contributed by atoms with E-state index in [9.17, 15) is 14.7 Å². The van der Waals surface area contributed by atoms with Gasteiger partial charge >= 0.3 is 6.09 Å². The Morgan fingerprint density at radius 3 is 2.40 bits per heavy atom. The number of aliphatic hydroxyl groups excluding tert-OH is 1. The van der Waals surface area contributed by atoms with E-state index in [1.807, 2.05) is 55.6 Å². The summed E-state index contributed by atoms with van der Waals surface area (Å²) in [7, 11) is 0. The Hall–Kier alpha value is -3.36. The highest BCUT2D eigenvalue weighted by Gasteiger charge is 2.26. The molecule has 0 aliphatic rings. The van der Waals surface area contributed by atoms with E-state index in [1.54, 1.807) is 0 Å². The highest BCUT2D eigenvalue weighted by Crippen LogP contribution is 2.29. The van der Waals surface area contributed by atoms with E-state index < -0.39 is 18.2 Å². The third kappa shape index (κ3) is 9.10. The number of hydrogen-bond donors (Lipinski definition) is 4. The van der Waals surface area contributed by atoms with Crippen molar-refractivity contribution in [3.63, 3.8) is 0 Å². The van der Waals surface area contributed by atoms with Gasteiger partial charge in [-0.2, -0.15) is 0 Å². The lowest BCUT2D eigenvalue weighted by molar-refractivity contribution is -0.125. The molecule has 8 nitrogen and oxygen atoms in total. The summed E-state index contributed by atoms with van der Waals surface area (Å²) < 4.78 is 7.83. The smallest absolute Gasteiger partial charge is 0.408 e. The molecule has 8 heteroatoms. The molecule has 0 saturated heterocycles. The number of nitrogens with zero attached hydrogens (tertiary/aromatic N) is 1. The number of nitrogens with two attached hydrogens (primary N) is 1. The van der Waals surface area contributed by atoms with Gasteiger partial charge in [-0.1, -0.05) is 76.6 Å². The molecule has 0 radical (unpaired) electrons. The molecule has 0 aliphatic carbocycles. The van der Waals surface area contributed by atoms with Crippen molar-refractivity contribution in [1.29, 1.82) is 0 Å². The third-order valence-electron chi connectivity index (χ3n) is 7.54. The van der Waals surface area contributed by atoms with Crippen molar-refractivity contribution >= 4 is 22.9 Å². The maximum Gasteiger partial charge on any atom is 0.412 e. The van der Waals surface area contributed by atoms with Crippen LogP contribution in [0.1, 0.15) is 58.9 Å². The predicted molar refractivity (Wildman–Crippen MR) is 160 cm³/mol. The van der Waals surface area contributed by atoms with Gasteiger partial charge in [0.1, 0.15) is 0 Å². The Bertz CT molecular complexity index is 1210. The Labute approximate surface area is 238 Å². The first-order chi connectivity index (χ1) is 19.2. The first-order valence-electron chi connectivity index (χ1n) is 14.5. The zero-order valence-corrected chi connectivity index (χ0v) is 24.3. The van der Waals surface area contributed by atoms with Crippen LogP contribution in [0, 0.1) is 17.8 Å². The Balaban J connectivity index is 1.55. The molecule has 0 spiro atoms. The van der Waals surface area contributed by atoms with Gasteiger partial charge in [-0.15, -0.1) is 0 Å². The Morgan fingerprint density at radius 1 is 1.00 bits per heavy atom. The van der Waals surface area contributed by atoms with Gasteiger partial charge in [0.2, 0.25) is 5.91 Å². The number of ether oxygens (including phenoxy) is 1. The van der Waals surface area contributed by atoms with Crippen LogP contribution in [-0.4, -0.2) is 46.9 Å². The second-order valence-corrected chi connectivity index (χ2v) is 11.1. The molecule has 0 aliphatic heterocycles. The van der Waals surface area contributed by atoms with Crippen LogP contribution in [-0.2, 0) is 11.3 Å². The first-order valence-corrected chi connectivity index (χ1v) is 14.5. The Kier molecular flexibility index (Phi) is 12.0. The minimum atomic E-state index is -0.809. The van der Waals surface area contributed by atoms with Crippen LogP contribution < -0.4 is 21.1 Å². The molecule has 2 amide bonds. The highest BCUT2D eigenvalue weighted by atomic mass is 16.6. The zero-order valence-electron chi connectivity index (χ0n) is 24.3. The number of unbranched alkanes of at least 4 members (excludes halogenated alkanes) is 1. The van der Waals surface area contributed by atoms with Gasteiger partial charge in [0.15, 0.2) is 5.75 Å². The maximum atomic E-state index is 12.8. The number of para-hydroxylation sites is 1. The minimum Gasteiger partial charge on any atom is -0.408 e. The SMILES string of the molecule is CCCCNC(=O)[C@H](C)C[C@H](O)[C@@H](N)C[C@@H](CNC(=O)Oc1cn(Cc2ccccc2)c2ccccc12)C(C)C. The standard InChI is InChI=1S/C32H46N4O4/c1-5-6-16-34-31(38)23(4)17-29(37)27(33)18-25(22(2)3)19-35-32(39)40-30-21-36(20-24-12-8-7-9-13-24)28-15-11-10-14-26(28)30/h7-15,21-23,25,27,29,37H,5-6,16-20,33H2,1-4H3,(H,34,38)(H,35,39)/t23-,25+,27+,29+/m1/s1. The van der Waals surface area contributed by atoms with E-state index in [0.29, 0.717) is 38.2 Å². The predicted octanol–water partition coefficient (Wildman–Crippen LogP) is 5.07. The molecule has 40 heavy (non-hydrogen) atoms. The van der Waals surface area contributed by atoms with Gasteiger partial charge in [-0.25, -0.2) is 4.79 Å². The second-order valence-electron chi connectivity index (χ2n) is 11.1. The van der Waals surface area contributed by atoms with Crippen LogP contribution in [0.2, 0.25) is 0 Å². The van der Waals surface area contributed by atoms with Crippen molar-refractivity contribution in [3.8, 4) is 5.75 Å². The van der Waals surface area contributed by atoms with Crippen LogP contribution in [0.4, 0.5) is 4.79 Å². The fourth-order valence-corrected chi connectivity index (χ4v) is 4.86. The van der Waals surface area contributed by atoms with Crippen molar-refractivity contribution in [3.05, 3.63) is 66.4 Å². The number of fused-ring (bicyclic) bond motifs is 1. The summed E-state index contributed by atoms with van der Waals surface area (Å²) in [6, 6.07) is 17.5. The van der Waals surface area contributed by atoms with Crippen LogP contribution >= 0.6 is 0 Å². The summed E-state index contributed by atoms with van der Waals surface area (Å²) in [4.78, 5) is 25.1. The number of carbonyl (C=O) groups is 2. The summed E-state index contributed by atoms with van der Waals surface area (Å²) in [5, 5.41) is 17.4. The highest BCUT2D eigenvalue weighted by molar-refractivity contribution is 5.89. The van der Waals surface area contributed by atoms with E-state index in [0.717, 1.165) is 29.3 Å². The molecule has 3 aromatic rings. The fourth-order valence-electron chi connectivity index (χ4n) is 4.86. The molecule has 2 aromatic carbocycles. The number of aromatic nitrogens is 1. The van der Waals surface area contributed by atoms with Gasteiger partial charge < -0.3 is 30.8 Å². The summed E-state index contributed by atoms with van der Waals surface area (Å²) in [5.41, 5.74) is 8.50. The summed E-state index contributed by atoms with van der Waals surface area (Å²) in [5.74, 6) is 0.372. The van der Waals surface area contributed by atoms with Crippen molar-refractivity contribution in [2.75, 3.05) is 13.1 Å². The average Bonchev–Trinajstić information content (AvgIpc) is 3.27. The number of nitrogens with one attached hydrogen (secondary N) is 2. The van der Waals surface area contributed by atoms with Crippen molar-refractivity contribution in [2.24, 2.45) is 23.5 Å². The molecule has 1 heterocycles. The zero-order chi connectivity index (χ0) is 29.1. The first kappa shape index (κ1) is 31.2. The number of rotatable bonds is 15. The number of amides is 2. The summed E-state index contributed by atoms with van der Waals surface area (Å²) >= 11 is 0. The lowest BCUT2D eigenvalue weighted by Gasteiger charge is -2.28. The molecular formula is C32H46N4O4. The van der Waals surface area contributed by atoms with Gasteiger partial charge in [0.05, 0.1) is 11.6 Å². The molecule has 5 N–H and O–H groups in total. The Morgan fingerprint density at radius 2 is 1.70 bits per heavy atom. The van der Waals surface area contributed by atoms with E-state index in [1.165, 1.54) is 0 Å². The number of aliphatic hydroxyl groups is 1. The van der Waals surface area contributed by atoms with E-state index >= 15 is 0 Å². The van der Waals surface area contributed by atoms with Crippen LogP contribution in [0.5, 0.6) is 5.75 Å². The summed E-state index contributed by atoms with van der Waals surface area (Å²) in [6.45, 7) is 9.70. The number of carbonyl (C=O) groups excluding carboxylic acids is 2. The lowest BCUT2D eigenvalue weighted by atomic mass is 9.86. The maximum absolute atomic E-state index is 12.8. The summed E-state index contributed by atoms with van der Waals surface area (Å²) in [6.07, 6.45) is 3.28. The van der Waals surface area contributed by atoms with Crippen LogP contribution in [0.15, 0.2) is 60.8 Å². The molecule has 3 rings (SSSR count). The van der Waals surface area contributed by atoms with Crippen molar-refractivity contribution in [1.82, 2.24) is 15.2 Å². The quantitative estimate of drug-likeness (QED) is 0.197. The molecule has 0 unspecified atom stereocenters. The van der Waals surface area contributed by atoms with Crippen LogP contribution in [0.3, 0.4) is 0 Å². The number of benzene rings is 2. The van der Waals surface area contributed by atoms with Gasteiger partial charge in [-0.05, 0) is 48.8 Å². The van der Waals surface area contributed by atoms with Gasteiger partial charge in [0, 0.05) is 43.2 Å². The van der Waals surface area contributed by atoms with Gasteiger partial charge in [0.25, 0.3) is 0 Å². The fraction of sp³-hybridized carbons (Fsp3) is 0.500. The van der Waals surface area contributed by atoms with Gasteiger partial charge in [-0.3, -0.25) is 4.79 Å². The third-order valence-corrected chi connectivity index (χ3v) is 7.54. The average molecular weight is 551 g/mol. The number of hydrogen-bond acceptors (Lipinski definition) is 5. The van der Waals surface area contributed by atoms with Crippen LogP contribution in [0.25, 0.3) is 10.9 Å². The van der Waals surface area contributed by atoms with E-state index in [4.69, 9.17) is 10.5 Å². The molecule has 4 atom stereocenters. The second kappa shape index (κ2) is 15.4. The topological polar surface area (TPSA) is 119 Å².